The van der Waals surface area contributed by atoms with Crippen LogP contribution in [0.15, 0.2) is 24.3 Å². The van der Waals surface area contributed by atoms with Gasteiger partial charge in [0.15, 0.2) is 0 Å². The Kier molecular flexibility index (Phi) is 4.87. The van der Waals surface area contributed by atoms with Crippen molar-refractivity contribution in [3.63, 3.8) is 0 Å². The first-order valence-corrected chi connectivity index (χ1v) is 8.35. The van der Waals surface area contributed by atoms with Crippen molar-refractivity contribution in [1.29, 1.82) is 0 Å². The lowest BCUT2D eigenvalue weighted by Crippen LogP contribution is -2.60. The third-order valence-corrected chi connectivity index (χ3v) is 4.85. The van der Waals surface area contributed by atoms with Crippen LogP contribution in [0.1, 0.15) is 25.3 Å². The van der Waals surface area contributed by atoms with Crippen LogP contribution in [0.2, 0.25) is 0 Å². The van der Waals surface area contributed by atoms with Crippen LogP contribution in [-0.4, -0.2) is 61.2 Å². The van der Waals surface area contributed by atoms with E-state index in [2.05, 4.69) is 17.0 Å². The number of carbonyl (C=O) groups excluding carboxylic acids is 1. The standard InChI is InChI=1S/C18H26N2O3/c1-15(21)20-8-4-7-18(14-20)13-19(9-10-23-18)12-16-5-3-6-17(11-16)22-2/h3,5-6,11H,4,7-10,12-14H2,1-2H3/t18-/m0/s1. The first-order valence-electron chi connectivity index (χ1n) is 8.35. The monoisotopic (exact) mass is 318 g/mol. The summed E-state index contributed by atoms with van der Waals surface area (Å²) in [6.45, 7) is 6.66. The molecule has 2 fully saturated rings. The fourth-order valence-electron chi connectivity index (χ4n) is 3.70. The maximum Gasteiger partial charge on any atom is 0.219 e. The second kappa shape index (κ2) is 6.89. The van der Waals surface area contributed by atoms with Crippen LogP contribution in [0.25, 0.3) is 0 Å². The Hall–Kier alpha value is -1.59. The summed E-state index contributed by atoms with van der Waals surface area (Å²) < 4.78 is 11.4. The van der Waals surface area contributed by atoms with Gasteiger partial charge in [0.05, 0.1) is 25.9 Å². The molecule has 1 amide bonds. The first kappa shape index (κ1) is 16.3. The zero-order valence-electron chi connectivity index (χ0n) is 14.1. The topological polar surface area (TPSA) is 42.0 Å². The number of benzene rings is 1. The highest BCUT2D eigenvalue weighted by molar-refractivity contribution is 5.73. The van der Waals surface area contributed by atoms with E-state index in [0.717, 1.165) is 57.9 Å². The number of amides is 1. The highest BCUT2D eigenvalue weighted by Crippen LogP contribution is 2.30. The molecule has 23 heavy (non-hydrogen) atoms. The van der Waals surface area contributed by atoms with Crippen LogP contribution >= 0.6 is 0 Å². The molecule has 0 aromatic heterocycles. The molecule has 2 aliphatic heterocycles. The van der Waals surface area contributed by atoms with Gasteiger partial charge in [-0.15, -0.1) is 0 Å². The van der Waals surface area contributed by atoms with E-state index >= 15 is 0 Å². The van der Waals surface area contributed by atoms with Crippen LogP contribution in [0.3, 0.4) is 0 Å². The lowest BCUT2D eigenvalue weighted by atomic mass is 9.90. The van der Waals surface area contributed by atoms with E-state index in [1.54, 1.807) is 14.0 Å². The van der Waals surface area contributed by atoms with E-state index in [1.165, 1.54) is 5.56 Å². The largest absolute Gasteiger partial charge is 0.497 e. The van der Waals surface area contributed by atoms with E-state index in [1.807, 2.05) is 17.0 Å². The highest BCUT2D eigenvalue weighted by atomic mass is 16.5. The predicted molar refractivity (Wildman–Crippen MR) is 88.4 cm³/mol. The van der Waals surface area contributed by atoms with Crippen molar-refractivity contribution in [2.45, 2.75) is 31.9 Å². The third kappa shape index (κ3) is 3.85. The molecule has 2 saturated heterocycles. The van der Waals surface area contributed by atoms with E-state index in [-0.39, 0.29) is 11.5 Å². The summed E-state index contributed by atoms with van der Waals surface area (Å²) >= 11 is 0. The molecule has 0 aliphatic carbocycles. The average Bonchev–Trinajstić information content (AvgIpc) is 2.55. The molecule has 0 bridgehead atoms. The Labute approximate surface area is 138 Å². The Bertz CT molecular complexity index is 559. The van der Waals surface area contributed by atoms with Gasteiger partial charge in [-0.05, 0) is 30.5 Å². The number of rotatable bonds is 3. The minimum absolute atomic E-state index is 0.151. The molecule has 5 nitrogen and oxygen atoms in total. The Morgan fingerprint density at radius 3 is 3.00 bits per heavy atom. The lowest BCUT2D eigenvalue weighted by Gasteiger charge is -2.48. The van der Waals surface area contributed by atoms with Gasteiger partial charge in [-0.25, -0.2) is 0 Å². The predicted octanol–water partition coefficient (Wildman–Crippen LogP) is 1.91. The molecule has 0 radical (unpaired) electrons. The van der Waals surface area contributed by atoms with Gasteiger partial charge in [-0.1, -0.05) is 12.1 Å². The number of ether oxygens (including phenoxy) is 2. The van der Waals surface area contributed by atoms with Crippen LogP contribution in [0, 0.1) is 0 Å². The second-order valence-corrected chi connectivity index (χ2v) is 6.64. The van der Waals surface area contributed by atoms with Crippen LogP contribution in [0.4, 0.5) is 0 Å². The van der Waals surface area contributed by atoms with E-state index in [4.69, 9.17) is 9.47 Å². The van der Waals surface area contributed by atoms with Crippen molar-refractivity contribution in [1.82, 2.24) is 9.80 Å². The molecule has 126 valence electrons. The molecule has 3 rings (SSSR count). The normalized spacial score (nSPS) is 25.6. The van der Waals surface area contributed by atoms with Crippen molar-refractivity contribution >= 4 is 5.91 Å². The average molecular weight is 318 g/mol. The van der Waals surface area contributed by atoms with Gasteiger partial charge in [0, 0.05) is 33.1 Å². The van der Waals surface area contributed by atoms with Gasteiger partial charge in [-0.2, -0.15) is 0 Å². The second-order valence-electron chi connectivity index (χ2n) is 6.64. The molecule has 1 spiro atoms. The number of nitrogens with zero attached hydrogens (tertiary/aromatic N) is 2. The summed E-state index contributed by atoms with van der Waals surface area (Å²) in [5.74, 6) is 1.04. The Morgan fingerprint density at radius 1 is 1.35 bits per heavy atom. The number of morpholine rings is 1. The summed E-state index contributed by atoms with van der Waals surface area (Å²) in [7, 11) is 1.70. The van der Waals surface area contributed by atoms with Gasteiger partial charge >= 0.3 is 0 Å². The number of piperidine rings is 1. The van der Waals surface area contributed by atoms with E-state index in [9.17, 15) is 4.79 Å². The number of likely N-dealkylation sites (tertiary alicyclic amines) is 1. The van der Waals surface area contributed by atoms with Gasteiger partial charge in [0.2, 0.25) is 5.91 Å². The Morgan fingerprint density at radius 2 is 2.22 bits per heavy atom. The highest BCUT2D eigenvalue weighted by Gasteiger charge is 2.41. The minimum Gasteiger partial charge on any atom is -0.497 e. The lowest BCUT2D eigenvalue weighted by molar-refractivity contribution is -0.156. The van der Waals surface area contributed by atoms with Crippen molar-refractivity contribution in [2.75, 3.05) is 39.9 Å². The quantitative estimate of drug-likeness (QED) is 0.854. The molecular formula is C18H26N2O3. The smallest absolute Gasteiger partial charge is 0.219 e. The molecule has 2 aliphatic rings. The van der Waals surface area contributed by atoms with Gasteiger partial charge in [0.1, 0.15) is 5.75 Å². The van der Waals surface area contributed by atoms with Crippen molar-refractivity contribution in [3.8, 4) is 5.75 Å². The van der Waals surface area contributed by atoms with E-state index in [0.29, 0.717) is 0 Å². The van der Waals surface area contributed by atoms with Crippen molar-refractivity contribution in [3.05, 3.63) is 29.8 Å². The molecule has 0 N–H and O–H groups in total. The molecule has 1 atom stereocenters. The fourth-order valence-corrected chi connectivity index (χ4v) is 3.70. The number of hydrogen-bond donors (Lipinski definition) is 0. The van der Waals surface area contributed by atoms with Crippen molar-refractivity contribution < 1.29 is 14.3 Å². The van der Waals surface area contributed by atoms with Crippen LogP contribution < -0.4 is 4.74 Å². The van der Waals surface area contributed by atoms with Crippen LogP contribution in [-0.2, 0) is 16.1 Å². The molecular weight excluding hydrogens is 292 g/mol. The minimum atomic E-state index is -0.193. The van der Waals surface area contributed by atoms with Gasteiger partial charge in [-0.3, -0.25) is 9.69 Å². The molecule has 1 aromatic rings. The first-order chi connectivity index (χ1) is 11.1. The summed E-state index contributed by atoms with van der Waals surface area (Å²) in [6.07, 6.45) is 2.05. The zero-order chi connectivity index (χ0) is 16.3. The van der Waals surface area contributed by atoms with E-state index < -0.39 is 0 Å². The maximum absolute atomic E-state index is 11.7. The molecule has 0 saturated carbocycles. The molecule has 2 heterocycles. The van der Waals surface area contributed by atoms with Gasteiger partial charge < -0.3 is 14.4 Å². The van der Waals surface area contributed by atoms with Gasteiger partial charge in [0.25, 0.3) is 0 Å². The van der Waals surface area contributed by atoms with Crippen molar-refractivity contribution in [2.24, 2.45) is 0 Å². The fraction of sp³-hybridized carbons (Fsp3) is 0.611. The molecule has 5 heteroatoms. The molecule has 0 unspecified atom stereocenters. The molecule has 1 aromatic carbocycles. The SMILES string of the molecule is COc1cccc(CN2CCO[C@@]3(CCCN(C(C)=O)C3)C2)c1. The number of carbonyl (C=O) groups is 1. The summed E-state index contributed by atoms with van der Waals surface area (Å²) in [5.41, 5.74) is 1.06. The Balaban J connectivity index is 1.66. The maximum atomic E-state index is 11.7. The summed E-state index contributed by atoms with van der Waals surface area (Å²) in [4.78, 5) is 16.1. The zero-order valence-corrected chi connectivity index (χ0v) is 14.1. The summed E-state index contributed by atoms with van der Waals surface area (Å²) in [5, 5.41) is 0. The number of methoxy groups -OCH3 is 1. The van der Waals surface area contributed by atoms with Crippen LogP contribution in [0.5, 0.6) is 5.75 Å². The summed E-state index contributed by atoms with van der Waals surface area (Å²) in [6, 6.07) is 8.22. The number of hydrogen-bond acceptors (Lipinski definition) is 4. The third-order valence-electron chi connectivity index (χ3n) is 4.85.